The highest BCUT2D eigenvalue weighted by molar-refractivity contribution is 5.99. The molecule has 0 aliphatic carbocycles. The summed E-state index contributed by atoms with van der Waals surface area (Å²) in [4.78, 5) is 46.9. The van der Waals surface area contributed by atoms with Gasteiger partial charge in [-0.25, -0.2) is 4.79 Å². The molecule has 146 valence electrons. The molecule has 0 atom stereocenters. The molecule has 27 heavy (non-hydrogen) atoms. The number of hydrogen-bond acceptors (Lipinski definition) is 7. The van der Waals surface area contributed by atoms with E-state index in [1.54, 1.807) is 38.1 Å². The molecular formula is C19H23NO7. The van der Waals surface area contributed by atoms with Crippen LogP contribution >= 0.6 is 0 Å². The van der Waals surface area contributed by atoms with Crippen LogP contribution in [0.25, 0.3) is 0 Å². The van der Waals surface area contributed by atoms with Gasteiger partial charge in [-0.15, -0.1) is 0 Å². The maximum Gasteiger partial charge on any atom is 0.414 e. The van der Waals surface area contributed by atoms with Crippen molar-refractivity contribution < 1.29 is 33.4 Å². The lowest BCUT2D eigenvalue weighted by Gasteiger charge is -2.12. The Labute approximate surface area is 157 Å². The molecule has 0 saturated heterocycles. The third-order valence-electron chi connectivity index (χ3n) is 3.22. The third kappa shape index (κ3) is 8.66. The highest BCUT2D eigenvalue weighted by atomic mass is 16.6. The second-order valence-electron chi connectivity index (χ2n) is 5.25. The number of alkyl carbamates (subject to hydrolysis) is 1. The number of nitrogens with one attached hydrogen (secondary N) is 1. The van der Waals surface area contributed by atoms with Crippen molar-refractivity contribution in [1.29, 1.82) is 0 Å². The Kier molecular flexibility index (Phi) is 9.92. The smallest absolute Gasteiger partial charge is 0.414 e. The van der Waals surface area contributed by atoms with Crippen molar-refractivity contribution in [2.75, 3.05) is 13.2 Å². The van der Waals surface area contributed by atoms with Crippen molar-refractivity contribution in [3.8, 4) is 0 Å². The fourth-order valence-corrected chi connectivity index (χ4v) is 1.99. The van der Waals surface area contributed by atoms with E-state index in [-0.39, 0.29) is 26.2 Å². The van der Waals surface area contributed by atoms with Crippen molar-refractivity contribution >= 4 is 23.9 Å². The van der Waals surface area contributed by atoms with Gasteiger partial charge in [0.2, 0.25) is 0 Å². The normalized spacial score (nSPS) is 10.5. The van der Waals surface area contributed by atoms with Gasteiger partial charge in [0.1, 0.15) is 6.61 Å². The lowest BCUT2D eigenvalue weighted by Crippen LogP contribution is -2.30. The number of ether oxygens (including phenoxy) is 3. The van der Waals surface area contributed by atoms with Crippen LogP contribution in [-0.4, -0.2) is 37.2 Å². The van der Waals surface area contributed by atoms with Gasteiger partial charge in [0.15, 0.2) is 5.92 Å². The SMILES string of the molecule is CCOC(=O)C(C/C=C/C(=O)NC(=O)OCc1ccccc1)C(=O)OCC. The van der Waals surface area contributed by atoms with Gasteiger partial charge in [0, 0.05) is 0 Å². The van der Waals surface area contributed by atoms with Crippen LogP contribution in [0, 0.1) is 5.92 Å². The molecule has 0 saturated carbocycles. The fraction of sp³-hybridized carbons (Fsp3) is 0.368. The second-order valence-corrected chi connectivity index (χ2v) is 5.25. The number of esters is 2. The first-order chi connectivity index (χ1) is 13.0. The molecule has 0 fully saturated rings. The van der Waals surface area contributed by atoms with Crippen molar-refractivity contribution in [2.24, 2.45) is 5.92 Å². The highest BCUT2D eigenvalue weighted by Crippen LogP contribution is 2.10. The lowest BCUT2D eigenvalue weighted by molar-refractivity contribution is -0.161. The molecule has 0 radical (unpaired) electrons. The van der Waals surface area contributed by atoms with Crippen LogP contribution in [0.4, 0.5) is 4.79 Å². The molecule has 8 heteroatoms. The standard InChI is InChI=1S/C19H23NO7/c1-3-25-17(22)15(18(23)26-4-2)11-8-12-16(21)20-19(24)27-13-14-9-6-5-7-10-14/h5-10,12,15H,3-4,11,13H2,1-2H3,(H,20,21,24)/b12-8+. The summed E-state index contributed by atoms with van der Waals surface area (Å²) in [6, 6.07) is 8.99. The van der Waals surface area contributed by atoms with Crippen LogP contribution < -0.4 is 5.32 Å². The highest BCUT2D eigenvalue weighted by Gasteiger charge is 2.28. The van der Waals surface area contributed by atoms with Crippen molar-refractivity contribution in [1.82, 2.24) is 5.32 Å². The van der Waals surface area contributed by atoms with E-state index in [2.05, 4.69) is 0 Å². The molecule has 1 aromatic rings. The van der Waals surface area contributed by atoms with E-state index in [0.717, 1.165) is 11.6 Å². The number of amides is 2. The Morgan fingerprint density at radius 2 is 1.56 bits per heavy atom. The van der Waals surface area contributed by atoms with Gasteiger partial charge in [-0.1, -0.05) is 36.4 Å². The number of hydrogen-bond donors (Lipinski definition) is 1. The quantitative estimate of drug-likeness (QED) is 0.304. The monoisotopic (exact) mass is 377 g/mol. The van der Waals surface area contributed by atoms with Crippen molar-refractivity contribution in [3.05, 3.63) is 48.0 Å². The minimum atomic E-state index is -1.17. The summed E-state index contributed by atoms with van der Waals surface area (Å²) in [5, 5.41) is 2.01. The zero-order valence-corrected chi connectivity index (χ0v) is 15.3. The minimum absolute atomic E-state index is 0.0253. The first-order valence-corrected chi connectivity index (χ1v) is 8.49. The number of carbonyl (C=O) groups is 4. The molecule has 8 nitrogen and oxygen atoms in total. The Hall–Kier alpha value is -3.16. The summed E-state index contributed by atoms with van der Waals surface area (Å²) in [6.45, 7) is 3.49. The first kappa shape index (κ1) is 21.9. The molecule has 0 aromatic heterocycles. The summed E-state index contributed by atoms with van der Waals surface area (Å²) in [5.41, 5.74) is 0.780. The van der Waals surface area contributed by atoms with Crippen LogP contribution in [0.3, 0.4) is 0 Å². The Balaban J connectivity index is 2.48. The number of benzene rings is 1. The van der Waals surface area contributed by atoms with Crippen LogP contribution in [0.2, 0.25) is 0 Å². The predicted molar refractivity (Wildman–Crippen MR) is 95.3 cm³/mol. The van der Waals surface area contributed by atoms with E-state index in [0.29, 0.717) is 0 Å². The molecule has 1 rings (SSSR count). The van der Waals surface area contributed by atoms with E-state index in [1.807, 2.05) is 11.4 Å². The van der Waals surface area contributed by atoms with Crippen molar-refractivity contribution in [2.45, 2.75) is 26.9 Å². The summed E-state index contributed by atoms with van der Waals surface area (Å²) >= 11 is 0. The van der Waals surface area contributed by atoms with Gasteiger partial charge in [-0.05, 0) is 31.9 Å². The molecular weight excluding hydrogens is 354 g/mol. The summed E-state index contributed by atoms with van der Waals surface area (Å²) in [7, 11) is 0. The topological polar surface area (TPSA) is 108 Å². The first-order valence-electron chi connectivity index (χ1n) is 8.49. The van der Waals surface area contributed by atoms with E-state index in [1.165, 1.54) is 6.08 Å². The molecule has 0 bridgehead atoms. The summed E-state index contributed by atoms with van der Waals surface area (Å²) < 4.78 is 14.6. The van der Waals surface area contributed by atoms with Gasteiger partial charge >= 0.3 is 18.0 Å². The van der Waals surface area contributed by atoms with Crippen LogP contribution in [-0.2, 0) is 35.2 Å². The zero-order chi connectivity index (χ0) is 20.1. The van der Waals surface area contributed by atoms with E-state index in [9.17, 15) is 19.2 Å². The number of imide groups is 1. The number of rotatable bonds is 9. The Morgan fingerprint density at radius 1 is 0.963 bits per heavy atom. The molecule has 0 spiro atoms. The maximum atomic E-state index is 11.8. The van der Waals surface area contributed by atoms with Gasteiger partial charge in [-0.2, -0.15) is 0 Å². The molecule has 0 heterocycles. The van der Waals surface area contributed by atoms with Crippen LogP contribution in [0.5, 0.6) is 0 Å². The Bertz CT molecular complexity index is 652. The number of allylic oxidation sites excluding steroid dienone is 1. The Morgan fingerprint density at radius 3 is 2.11 bits per heavy atom. The van der Waals surface area contributed by atoms with E-state index >= 15 is 0 Å². The summed E-state index contributed by atoms with van der Waals surface area (Å²) in [6.07, 6.45) is 1.33. The maximum absolute atomic E-state index is 11.8. The van der Waals surface area contributed by atoms with Crippen molar-refractivity contribution in [3.63, 3.8) is 0 Å². The zero-order valence-electron chi connectivity index (χ0n) is 15.3. The second kappa shape index (κ2) is 12.2. The molecule has 0 unspecified atom stereocenters. The van der Waals surface area contributed by atoms with Gasteiger partial charge in [-0.3, -0.25) is 19.7 Å². The summed E-state index contributed by atoms with van der Waals surface area (Å²) in [5.74, 6) is -3.37. The van der Waals surface area contributed by atoms with Crippen LogP contribution in [0.1, 0.15) is 25.8 Å². The molecule has 1 N–H and O–H groups in total. The fourth-order valence-electron chi connectivity index (χ4n) is 1.99. The predicted octanol–water partition coefficient (Wildman–Crippen LogP) is 2.13. The largest absolute Gasteiger partial charge is 0.465 e. The van der Waals surface area contributed by atoms with E-state index < -0.39 is 29.9 Å². The van der Waals surface area contributed by atoms with Gasteiger partial charge in [0.25, 0.3) is 5.91 Å². The number of carbonyl (C=O) groups excluding carboxylic acids is 4. The molecule has 1 aromatic carbocycles. The molecule has 2 amide bonds. The third-order valence-corrected chi connectivity index (χ3v) is 3.22. The lowest BCUT2D eigenvalue weighted by atomic mass is 10.1. The van der Waals surface area contributed by atoms with Crippen LogP contribution in [0.15, 0.2) is 42.5 Å². The minimum Gasteiger partial charge on any atom is -0.465 e. The average Bonchev–Trinajstić information content (AvgIpc) is 2.64. The van der Waals surface area contributed by atoms with Gasteiger partial charge in [0.05, 0.1) is 13.2 Å². The van der Waals surface area contributed by atoms with E-state index in [4.69, 9.17) is 14.2 Å². The van der Waals surface area contributed by atoms with Gasteiger partial charge < -0.3 is 14.2 Å². The molecule has 0 aliphatic rings. The average molecular weight is 377 g/mol. The molecule has 0 aliphatic heterocycles.